The molecule has 0 radical (unpaired) electrons. The first-order valence-electron chi connectivity index (χ1n) is 8.56. The smallest absolute Gasteiger partial charge is 0.328 e. The molecular weight excluding hydrogens is 464 g/mol. The number of H-pyrrole nitrogens is 1. The maximum atomic E-state index is 13.9. The van der Waals surface area contributed by atoms with Gasteiger partial charge in [0.25, 0.3) is 11.5 Å². The van der Waals surface area contributed by atoms with Crippen LogP contribution in [-0.4, -0.2) is 25.7 Å². The van der Waals surface area contributed by atoms with Gasteiger partial charge in [-0.3, -0.25) is 14.6 Å². The van der Waals surface area contributed by atoms with Crippen molar-refractivity contribution >= 4 is 33.0 Å². The molecule has 0 fully saturated rings. The standard InChI is InChI=1S/C18H9F6N5O2S/c19-17(20,21)12-5-8(1-3-25-12)28-15(30)10-6-27-29(14(10)18(22,23)24)11-7-32-13-9(11)2-4-26-16(13)31/h1-7H,(H,26,31)(H,25,28,30). The average Bonchev–Trinajstić information content (AvgIpc) is 3.32. The van der Waals surface area contributed by atoms with Gasteiger partial charge in [0.1, 0.15) is 10.4 Å². The summed E-state index contributed by atoms with van der Waals surface area (Å²) in [5.41, 5.74) is -4.66. The zero-order valence-corrected chi connectivity index (χ0v) is 16.2. The highest BCUT2D eigenvalue weighted by Crippen LogP contribution is 2.36. The third kappa shape index (κ3) is 3.84. The molecule has 4 rings (SSSR count). The van der Waals surface area contributed by atoms with Gasteiger partial charge in [-0.15, -0.1) is 11.3 Å². The normalized spacial score (nSPS) is 12.3. The van der Waals surface area contributed by atoms with Gasteiger partial charge in [0.15, 0.2) is 5.69 Å². The van der Waals surface area contributed by atoms with E-state index >= 15 is 0 Å². The Balaban J connectivity index is 1.78. The molecule has 32 heavy (non-hydrogen) atoms. The zero-order valence-electron chi connectivity index (χ0n) is 15.4. The molecule has 14 heteroatoms. The molecule has 4 aromatic heterocycles. The summed E-state index contributed by atoms with van der Waals surface area (Å²) in [7, 11) is 0. The van der Waals surface area contributed by atoms with E-state index in [0.29, 0.717) is 16.9 Å². The first-order valence-corrected chi connectivity index (χ1v) is 9.44. The molecule has 4 heterocycles. The van der Waals surface area contributed by atoms with Gasteiger partial charge >= 0.3 is 12.4 Å². The van der Waals surface area contributed by atoms with Crippen molar-refractivity contribution in [3.63, 3.8) is 0 Å². The van der Waals surface area contributed by atoms with Gasteiger partial charge in [0.05, 0.1) is 17.4 Å². The summed E-state index contributed by atoms with van der Waals surface area (Å²) in [5.74, 6) is -1.32. The van der Waals surface area contributed by atoms with Gasteiger partial charge in [0, 0.05) is 28.8 Å². The van der Waals surface area contributed by atoms with Crippen LogP contribution < -0.4 is 10.9 Å². The molecule has 0 aliphatic rings. The molecule has 0 unspecified atom stereocenters. The lowest BCUT2D eigenvalue weighted by Gasteiger charge is -2.13. The van der Waals surface area contributed by atoms with Crippen LogP contribution in [0.2, 0.25) is 0 Å². The number of aromatic amines is 1. The number of pyridine rings is 2. The number of anilines is 1. The number of halogens is 6. The maximum absolute atomic E-state index is 13.9. The lowest BCUT2D eigenvalue weighted by Crippen LogP contribution is -2.21. The number of rotatable bonds is 3. The molecule has 0 saturated carbocycles. The Kier molecular flexibility index (Phi) is 5.03. The van der Waals surface area contributed by atoms with Crippen molar-refractivity contribution in [1.82, 2.24) is 19.7 Å². The SMILES string of the molecule is O=C(Nc1ccnc(C(F)(F)F)c1)c1cnn(-c2csc3c(=O)[nH]ccc23)c1C(F)(F)F. The second-order valence-corrected chi connectivity index (χ2v) is 7.25. The third-order valence-corrected chi connectivity index (χ3v) is 5.28. The first kappa shape index (κ1) is 21.5. The molecule has 1 amide bonds. The van der Waals surface area contributed by atoms with E-state index in [1.807, 2.05) is 5.32 Å². The van der Waals surface area contributed by atoms with Crippen molar-refractivity contribution in [1.29, 1.82) is 0 Å². The molecule has 2 N–H and O–H groups in total. The van der Waals surface area contributed by atoms with E-state index in [9.17, 15) is 35.9 Å². The number of thiophene rings is 1. The summed E-state index contributed by atoms with van der Waals surface area (Å²) in [6.45, 7) is 0. The quantitative estimate of drug-likeness (QED) is 0.430. The molecule has 0 saturated heterocycles. The highest BCUT2D eigenvalue weighted by atomic mass is 32.1. The molecule has 0 atom stereocenters. The van der Waals surface area contributed by atoms with Gasteiger partial charge in [-0.2, -0.15) is 31.4 Å². The summed E-state index contributed by atoms with van der Waals surface area (Å²) < 4.78 is 80.7. The number of nitrogens with one attached hydrogen (secondary N) is 2. The lowest BCUT2D eigenvalue weighted by atomic mass is 10.2. The van der Waals surface area contributed by atoms with Crippen molar-refractivity contribution in [2.75, 3.05) is 5.32 Å². The summed E-state index contributed by atoms with van der Waals surface area (Å²) in [6.07, 6.45) is -7.18. The van der Waals surface area contributed by atoms with Crippen LogP contribution in [0.5, 0.6) is 0 Å². The van der Waals surface area contributed by atoms with Crippen LogP contribution in [0.1, 0.15) is 21.7 Å². The minimum absolute atomic E-state index is 0.0780. The second-order valence-electron chi connectivity index (χ2n) is 6.37. The van der Waals surface area contributed by atoms with Crippen molar-refractivity contribution in [2.45, 2.75) is 12.4 Å². The molecule has 0 aliphatic heterocycles. The number of carbonyl (C=O) groups is 1. The minimum Gasteiger partial charge on any atom is -0.328 e. The van der Waals surface area contributed by atoms with E-state index in [1.165, 1.54) is 17.6 Å². The van der Waals surface area contributed by atoms with E-state index < -0.39 is 46.5 Å². The fraction of sp³-hybridized carbons (Fsp3) is 0.111. The molecule has 166 valence electrons. The largest absolute Gasteiger partial charge is 0.434 e. The predicted octanol–water partition coefficient (Wildman–Crippen LogP) is 4.46. The monoisotopic (exact) mass is 473 g/mol. The fourth-order valence-electron chi connectivity index (χ4n) is 2.96. The minimum atomic E-state index is -5.05. The Morgan fingerprint density at radius 1 is 1.12 bits per heavy atom. The van der Waals surface area contributed by atoms with Crippen molar-refractivity contribution in [2.24, 2.45) is 0 Å². The van der Waals surface area contributed by atoms with Gasteiger partial charge in [-0.05, 0) is 18.2 Å². The number of hydrogen-bond acceptors (Lipinski definition) is 5. The summed E-state index contributed by atoms with van der Waals surface area (Å²) in [5, 5.41) is 7.13. The Morgan fingerprint density at radius 3 is 2.56 bits per heavy atom. The van der Waals surface area contributed by atoms with E-state index in [-0.39, 0.29) is 15.8 Å². The third-order valence-electron chi connectivity index (χ3n) is 4.30. The number of amides is 1. The summed E-state index contributed by atoms with van der Waals surface area (Å²) in [6, 6.07) is 2.89. The van der Waals surface area contributed by atoms with Crippen molar-refractivity contribution < 1.29 is 31.1 Å². The molecule has 0 aliphatic carbocycles. The number of fused-ring (bicyclic) bond motifs is 1. The first-order chi connectivity index (χ1) is 15.0. The van der Waals surface area contributed by atoms with Crippen molar-refractivity contribution in [3.8, 4) is 5.69 Å². The van der Waals surface area contributed by atoms with Crippen LogP contribution in [0.4, 0.5) is 32.0 Å². The van der Waals surface area contributed by atoms with E-state index in [0.717, 1.165) is 23.6 Å². The topological polar surface area (TPSA) is 92.7 Å². The Bertz CT molecular complexity index is 1390. The van der Waals surface area contributed by atoms with Gasteiger partial charge in [-0.1, -0.05) is 0 Å². The molecule has 0 bridgehead atoms. The highest BCUT2D eigenvalue weighted by molar-refractivity contribution is 7.17. The second kappa shape index (κ2) is 7.47. The van der Waals surface area contributed by atoms with Crippen LogP contribution in [0, 0.1) is 0 Å². The van der Waals surface area contributed by atoms with Crippen LogP contribution in [0.3, 0.4) is 0 Å². The van der Waals surface area contributed by atoms with Gasteiger partial charge < -0.3 is 10.3 Å². The molecule has 0 aromatic carbocycles. The predicted molar refractivity (Wildman–Crippen MR) is 102 cm³/mol. The number of alkyl halides is 6. The van der Waals surface area contributed by atoms with E-state index in [2.05, 4.69) is 15.1 Å². The lowest BCUT2D eigenvalue weighted by molar-refractivity contribution is -0.143. The Hall–Kier alpha value is -3.68. The maximum Gasteiger partial charge on any atom is 0.434 e. The molecular formula is C18H9F6N5O2S. The van der Waals surface area contributed by atoms with Crippen LogP contribution in [-0.2, 0) is 12.4 Å². The zero-order chi connectivity index (χ0) is 23.3. The summed E-state index contributed by atoms with van der Waals surface area (Å²) in [4.78, 5) is 29.9. The number of nitrogens with zero attached hydrogens (tertiary/aromatic N) is 3. The van der Waals surface area contributed by atoms with Crippen LogP contribution in [0.15, 0.2) is 47.0 Å². The van der Waals surface area contributed by atoms with Crippen molar-refractivity contribution in [3.05, 3.63) is 69.5 Å². The Morgan fingerprint density at radius 2 is 1.88 bits per heavy atom. The van der Waals surface area contributed by atoms with Gasteiger partial charge in [0.2, 0.25) is 0 Å². The van der Waals surface area contributed by atoms with Gasteiger partial charge in [-0.25, -0.2) is 4.68 Å². The number of hydrogen-bond donors (Lipinski definition) is 2. The molecule has 0 spiro atoms. The Labute approximate surface area is 177 Å². The number of aromatic nitrogens is 4. The van der Waals surface area contributed by atoms with Crippen LogP contribution >= 0.6 is 11.3 Å². The van der Waals surface area contributed by atoms with Crippen LogP contribution in [0.25, 0.3) is 15.8 Å². The van der Waals surface area contributed by atoms with E-state index in [1.54, 1.807) is 0 Å². The summed E-state index contributed by atoms with van der Waals surface area (Å²) >= 11 is 0.893. The average molecular weight is 473 g/mol. The molecule has 4 aromatic rings. The number of carbonyl (C=O) groups excluding carboxylic acids is 1. The molecule has 7 nitrogen and oxygen atoms in total. The highest BCUT2D eigenvalue weighted by Gasteiger charge is 2.41. The fourth-order valence-corrected chi connectivity index (χ4v) is 3.88. The van der Waals surface area contributed by atoms with E-state index in [4.69, 9.17) is 0 Å².